The molecular formula is C17H21FN2. The monoisotopic (exact) mass is 272 g/mol. The average Bonchev–Trinajstić information content (AvgIpc) is 2.48. The van der Waals surface area contributed by atoms with Gasteiger partial charge in [-0.2, -0.15) is 0 Å². The van der Waals surface area contributed by atoms with Crippen LogP contribution in [0.2, 0.25) is 0 Å². The van der Waals surface area contributed by atoms with Gasteiger partial charge in [-0.1, -0.05) is 12.1 Å². The van der Waals surface area contributed by atoms with E-state index in [-0.39, 0.29) is 5.82 Å². The highest BCUT2D eigenvalue weighted by atomic mass is 19.1. The first kappa shape index (κ1) is 14.4. The second-order valence-corrected chi connectivity index (χ2v) is 4.70. The number of rotatable bonds is 6. The largest absolute Gasteiger partial charge is 0.381 e. The summed E-state index contributed by atoms with van der Waals surface area (Å²) in [5.74, 6) is -0.193. The zero-order valence-electron chi connectivity index (χ0n) is 12.1. The summed E-state index contributed by atoms with van der Waals surface area (Å²) < 4.78 is 13.1. The van der Waals surface area contributed by atoms with Gasteiger partial charge in [0.25, 0.3) is 0 Å². The van der Waals surface area contributed by atoms with Gasteiger partial charge in [-0.05, 0) is 55.8 Å². The molecule has 3 heteroatoms. The molecule has 0 bridgehead atoms. The van der Waals surface area contributed by atoms with Crippen molar-refractivity contribution < 1.29 is 4.39 Å². The molecule has 0 fully saturated rings. The van der Waals surface area contributed by atoms with Gasteiger partial charge >= 0.3 is 0 Å². The summed E-state index contributed by atoms with van der Waals surface area (Å²) in [5.41, 5.74) is 3.22. The van der Waals surface area contributed by atoms with Gasteiger partial charge in [-0.3, -0.25) is 0 Å². The molecule has 0 aliphatic rings. The van der Waals surface area contributed by atoms with Crippen molar-refractivity contribution in [3.05, 3.63) is 59.9 Å². The van der Waals surface area contributed by atoms with E-state index >= 15 is 0 Å². The minimum Gasteiger partial charge on any atom is -0.381 e. The predicted molar refractivity (Wildman–Crippen MR) is 83.7 cm³/mol. The number of nitrogens with zero attached hydrogens (tertiary/aromatic N) is 1. The molecule has 0 unspecified atom stereocenters. The third kappa shape index (κ3) is 3.73. The van der Waals surface area contributed by atoms with Crippen LogP contribution in [-0.4, -0.2) is 13.1 Å². The van der Waals surface area contributed by atoms with E-state index < -0.39 is 0 Å². The number of benzene rings is 2. The normalized spacial score (nSPS) is 10.3. The molecule has 2 aromatic carbocycles. The van der Waals surface area contributed by atoms with Gasteiger partial charge in [0.2, 0.25) is 0 Å². The number of halogens is 1. The van der Waals surface area contributed by atoms with E-state index in [2.05, 4.69) is 48.3 Å². The van der Waals surface area contributed by atoms with Gasteiger partial charge in [0, 0.05) is 31.0 Å². The molecule has 0 saturated carbocycles. The van der Waals surface area contributed by atoms with Crippen LogP contribution < -0.4 is 10.2 Å². The van der Waals surface area contributed by atoms with Crippen molar-refractivity contribution >= 4 is 11.4 Å². The lowest BCUT2D eigenvalue weighted by molar-refractivity contribution is 0.626. The minimum absolute atomic E-state index is 0.193. The highest BCUT2D eigenvalue weighted by Gasteiger charge is 2.01. The van der Waals surface area contributed by atoms with Gasteiger partial charge in [0.15, 0.2) is 0 Å². The van der Waals surface area contributed by atoms with Crippen LogP contribution in [0.1, 0.15) is 19.4 Å². The van der Waals surface area contributed by atoms with E-state index in [1.54, 1.807) is 12.1 Å². The fourth-order valence-electron chi connectivity index (χ4n) is 2.23. The molecule has 0 spiro atoms. The first-order chi connectivity index (χ1) is 9.72. The fourth-order valence-corrected chi connectivity index (χ4v) is 2.23. The molecule has 20 heavy (non-hydrogen) atoms. The van der Waals surface area contributed by atoms with Crippen molar-refractivity contribution in [3.8, 4) is 0 Å². The summed E-state index contributed by atoms with van der Waals surface area (Å²) in [7, 11) is 0. The first-order valence-electron chi connectivity index (χ1n) is 7.06. The quantitative estimate of drug-likeness (QED) is 0.844. The lowest BCUT2D eigenvalue weighted by Gasteiger charge is -2.21. The molecule has 106 valence electrons. The van der Waals surface area contributed by atoms with Crippen molar-refractivity contribution in [2.45, 2.75) is 20.4 Å². The third-order valence-electron chi connectivity index (χ3n) is 3.38. The van der Waals surface area contributed by atoms with Gasteiger partial charge in [-0.15, -0.1) is 0 Å². The maximum atomic E-state index is 13.1. The molecule has 0 aliphatic heterocycles. The Hall–Kier alpha value is -2.03. The predicted octanol–water partition coefficient (Wildman–Crippen LogP) is 4.28. The van der Waals surface area contributed by atoms with E-state index in [9.17, 15) is 4.39 Å². The summed E-state index contributed by atoms with van der Waals surface area (Å²) in [4.78, 5) is 2.30. The van der Waals surface area contributed by atoms with Crippen molar-refractivity contribution in [3.63, 3.8) is 0 Å². The Morgan fingerprint density at radius 1 is 1.00 bits per heavy atom. The molecular weight excluding hydrogens is 251 g/mol. The van der Waals surface area contributed by atoms with Crippen LogP contribution in [0.25, 0.3) is 0 Å². The Labute approximate surface area is 120 Å². The van der Waals surface area contributed by atoms with E-state index in [0.717, 1.165) is 24.3 Å². The fraction of sp³-hybridized carbons (Fsp3) is 0.294. The van der Waals surface area contributed by atoms with E-state index in [0.29, 0.717) is 6.54 Å². The molecule has 0 radical (unpaired) electrons. The standard InChI is InChI=1S/C17H21FN2/c1-3-20(4-2)17-10-8-16(9-11-17)19-13-14-6-5-7-15(18)12-14/h5-12,19H,3-4,13H2,1-2H3. The molecule has 0 heterocycles. The molecule has 0 aromatic heterocycles. The number of anilines is 2. The Bertz CT molecular complexity index is 533. The Balaban J connectivity index is 1.97. The Morgan fingerprint density at radius 3 is 2.30 bits per heavy atom. The van der Waals surface area contributed by atoms with Crippen LogP contribution in [0.15, 0.2) is 48.5 Å². The van der Waals surface area contributed by atoms with Crippen molar-refractivity contribution in [1.29, 1.82) is 0 Å². The molecule has 2 nitrogen and oxygen atoms in total. The maximum absolute atomic E-state index is 13.1. The Kier molecular flexibility index (Phi) is 4.99. The number of hydrogen-bond donors (Lipinski definition) is 1. The van der Waals surface area contributed by atoms with Gasteiger partial charge in [0.05, 0.1) is 0 Å². The van der Waals surface area contributed by atoms with Crippen molar-refractivity contribution in [2.24, 2.45) is 0 Å². The molecule has 2 aromatic rings. The first-order valence-corrected chi connectivity index (χ1v) is 7.06. The SMILES string of the molecule is CCN(CC)c1ccc(NCc2cccc(F)c2)cc1. The lowest BCUT2D eigenvalue weighted by Crippen LogP contribution is -2.21. The smallest absolute Gasteiger partial charge is 0.123 e. The lowest BCUT2D eigenvalue weighted by atomic mass is 10.2. The highest BCUT2D eigenvalue weighted by Crippen LogP contribution is 2.18. The van der Waals surface area contributed by atoms with Crippen LogP contribution >= 0.6 is 0 Å². The average molecular weight is 272 g/mol. The molecule has 0 atom stereocenters. The van der Waals surface area contributed by atoms with E-state index in [1.165, 1.54) is 11.8 Å². The molecule has 0 aliphatic carbocycles. The second-order valence-electron chi connectivity index (χ2n) is 4.70. The van der Waals surface area contributed by atoms with Crippen LogP contribution in [0, 0.1) is 5.82 Å². The van der Waals surface area contributed by atoms with Crippen LogP contribution in [0.4, 0.5) is 15.8 Å². The topological polar surface area (TPSA) is 15.3 Å². The van der Waals surface area contributed by atoms with E-state index in [4.69, 9.17) is 0 Å². The van der Waals surface area contributed by atoms with E-state index in [1.807, 2.05) is 6.07 Å². The van der Waals surface area contributed by atoms with Crippen molar-refractivity contribution in [2.75, 3.05) is 23.3 Å². The van der Waals surface area contributed by atoms with Gasteiger partial charge in [0.1, 0.15) is 5.82 Å². The summed E-state index contributed by atoms with van der Waals surface area (Å²) >= 11 is 0. The molecule has 0 amide bonds. The third-order valence-corrected chi connectivity index (χ3v) is 3.38. The second kappa shape index (κ2) is 6.94. The Morgan fingerprint density at radius 2 is 1.70 bits per heavy atom. The van der Waals surface area contributed by atoms with Gasteiger partial charge < -0.3 is 10.2 Å². The van der Waals surface area contributed by atoms with Crippen LogP contribution in [0.5, 0.6) is 0 Å². The molecule has 0 saturated heterocycles. The number of nitrogens with one attached hydrogen (secondary N) is 1. The summed E-state index contributed by atoms with van der Waals surface area (Å²) in [6.07, 6.45) is 0. The maximum Gasteiger partial charge on any atom is 0.123 e. The highest BCUT2D eigenvalue weighted by molar-refractivity contribution is 5.55. The summed E-state index contributed by atoms with van der Waals surface area (Å²) in [5, 5.41) is 3.31. The van der Waals surface area contributed by atoms with Crippen LogP contribution in [0.3, 0.4) is 0 Å². The summed E-state index contributed by atoms with van der Waals surface area (Å²) in [6.45, 7) is 6.95. The van der Waals surface area contributed by atoms with Crippen LogP contribution in [-0.2, 0) is 6.54 Å². The van der Waals surface area contributed by atoms with Gasteiger partial charge in [-0.25, -0.2) is 4.39 Å². The minimum atomic E-state index is -0.193. The molecule has 2 rings (SSSR count). The van der Waals surface area contributed by atoms with Crippen molar-refractivity contribution in [1.82, 2.24) is 0 Å². The zero-order valence-corrected chi connectivity index (χ0v) is 12.1. The number of hydrogen-bond acceptors (Lipinski definition) is 2. The molecule has 1 N–H and O–H groups in total. The summed E-state index contributed by atoms with van der Waals surface area (Å²) in [6, 6.07) is 15.0. The zero-order chi connectivity index (χ0) is 14.4.